The lowest BCUT2D eigenvalue weighted by molar-refractivity contribution is -0.274. The second-order valence-corrected chi connectivity index (χ2v) is 3.26. The Morgan fingerprint density at radius 3 is 2.65 bits per heavy atom. The fraction of sp³-hybridized carbons (Fsp3) is 0.200. The maximum Gasteiger partial charge on any atom is 0.573 e. The molecule has 0 spiro atoms. The monoisotopic (exact) mass is 243 g/mol. The summed E-state index contributed by atoms with van der Waals surface area (Å²) < 4.78 is 41.8. The average molecular weight is 243 g/mol. The molecule has 0 aliphatic carbocycles. The molecule has 2 aromatic rings. The van der Waals surface area contributed by atoms with Crippen molar-refractivity contribution in [2.24, 2.45) is 0 Å². The molecular weight excluding hydrogens is 235 g/mol. The highest BCUT2D eigenvalue weighted by molar-refractivity contribution is 5.33. The first-order valence-corrected chi connectivity index (χ1v) is 4.72. The molecule has 0 unspecified atom stereocenters. The van der Waals surface area contributed by atoms with Crippen LogP contribution in [0.1, 0.15) is 5.56 Å². The number of aromatic nitrogens is 3. The summed E-state index contributed by atoms with van der Waals surface area (Å²) in [5.41, 5.74) is 0.385. The Bertz CT molecular complexity index is 482. The molecule has 0 aliphatic heterocycles. The van der Waals surface area contributed by atoms with Gasteiger partial charge in [-0.1, -0.05) is 23.4 Å². The molecule has 2 rings (SSSR count). The molecule has 0 aliphatic rings. The maximum atomic E-state index is 12.1. The van der Waals surface area contributed by atoms with E-state index < -0.39 is 6.36 Å². The molecule has 4 nitrogen and oxygen atoms in total. The van der Waals surface area contributed by atoms with Crippen molar-refractivity contribution in [3.8, 4) is 5.75 Å². The van der Waals surface area contributed by atoms with E-state index in [1.54, 1.807) is 18.3 Å². The van der Waals surface area contributed by atoms with E-state index in [1.165, 1.54) is 23.0 Å². The van der Waals surface area contributed by atoms with Gasteiger partial charge in [0.2, 0.25) is 0 Å². The molecule has 17 heavy (non-hydrogen) atoms. The third-order valence-electron chi connectivity index (χ3n) is 2.00. The number of alkyl halides is 3. The van der Waals surface area contributed by atoms with Gasteiger partial charge in [0.25, 0.3) is 0 Å². The molecule has 0 atom stereocenters. The molecule has 0 N–H and O–H groups in total. The number of hydrogen-bond donors (Lipinski definition) is 0. The second kappa shape index (κ2) is 4.44. The molecule has 0 bridgehead atoms. The smallest absolute Gasteiger partial charge is 0.405 e. The SMILES string of the molecule is FC(F)(F)Oc1ccccc1Cn1ccnn1. The fourth-order valence-corrected chi connectivity index (χ4v) is 1.35. The molecule has 90 valence electrons. The summed E-state index contributed by atoms with van der Waals surface area (Å²) in [6.07, 6.45) is -1.68. The second-order valence-electron chi connectivity index (χ2n) is 3.26. The highest BCUT2D eigenvalue weighted by Crippen LogP contribution is 2.26. The largest absolute Gasteiger partial charge is 0.573 e. The highest BCUT2D eigenvalue weighted by Gasteiger charge is 2.31. The zero-order chi connectivity index (χ0) is 12.3. The van der Waals surface area contributed by atoms with E-state index in [2.05, 4.69) is 15.0 Å². The van der Waals surface area contributed by atoms with E-state index >= 15 is 0 Å². The van der Waals surface area contributed by atoms with Gasteiger partial charge in [-0.2, -0.15) is 0 Å². The lowest BCUT2D eigenvalue weighted by Crippen LogP contribution is -2.18. The van der Waals surface area contributed by atoms with E-state index in [9.17, 15) is 13.2 Å². The lowest BCUT2D eigenvalue weighted by Gasteiger charge is -2.12. The van der Waals surface area contributed by atoms with Crippen LogP contribution in [0.5, 0.6) is 5.75 Å². The predicted molar refractivity (Wildman–Crippen MR) is 52.2 cm³/mol. The quantitative estimate of drug-likeness (QED) is 0.829. The van der Waals surface area contributed by atoms with Crippen molar-refractivity contribution in [2.45, 2.75) is 12.9 Å². The molecule has 0 saturated heterocycles. The van der Waals surface area contributed by atoms with Crippen molar-refractivity contribution >= 4 is 0 Å². The Kier molecular flexibility index (Phi) is 2.99. The van der Waals surface area contributed by atoms with Gasteiger partial charge in [0.05, 0.1) is 12.7 Å². The molecule has 1 aromatic heterocycles. The zero-order valence-corrected chi connectivity index (χ0v) is 8.55. The van der Waals surface area contributed by atoms with Crippen LogP contribution < -0.4 is 4.74 Å². The van der Waals surface area contributed by atoms with Gasteiger partial charge in [-0.25, -0.2) is 4.68 Å². The van der Waals surface area contributed by atoms with Crippen LogP contribution in [-0.2, 0) is 6.54 Å². The summed E-state index contributed by atoms with van der Waals surface area (Å²) in [5.74, 6) is -0.226. The fourth-order valence-electron chi connectivity index (χ4n) is 1.35. The van der Waals surface area contributed by atoms with Crippen LogP contribution in [0.2, 0.25) is 0 Å². The number of para-hydroxylation sites is 1. The van der Waals surface area contributed by atoms with Gasteiger partial charge in [0, 0.05) is 11.8 Å². The molecule has 7 heteroatoms. The van der Waals surface area contributed by atoms with Gasteiger partial charge in [0.1, 0.15) is 5.75 Å². The van der Waals surface area contributed by atoms with Gasteiger partial charge in [-0.3, -0.25) is 0 Å². The molecule has 0 saturated carbocycles. The van der Waals surface area contributed by atoms with Crippen LogP contribution in [0.4, 0.5) is 13.2 Å². The molecule has 1 heterocycles. The van der Waals surface area contributed by atoms with Gasteiger partial charge >= 0.3 is 6.36 Å². The van der Waals surface area contributed by atoms with E-state index in [0.29, 0.717) is 5.56 Å². The number of ether oxygens (including phenoxy) is 1. The van der Waals surface area contributed by atoms with Crippen molar-refractivity contribution in [1.82, 2.24) is 15.0 Å². The Labute approximate surface area is 94.6 Å². The van der Waals surface area contributed by atoms with Crippen LogP contribution >= 0.6 is 0 Å². The third-order valence-corrected chi connectivity index (χ3v) is 2.00. The Balaban J connectivity index is 2.22. The standard InChI is InChI=1S/C10H8F3N3O/c11-10(12,13)17-9-4-2-1-3-8(9)7-16-6-5-14-15-16/h1-6H,7H2. The van der Waals surface area contributed by atoms with Crippen molar-refractivity contribution in [3.05, 3.63) is 42.2 Å². The van der Waals surface area contributed by atoms with Crippen molar-refractivity contribution in [2.75, 3.05) is 0 Å². The first-order valence-electron chi connectivity index (χ1n) is 4.72. The summed E-state index contributed by atoms with van der Waals surface area (Å²) in [6.45, 7) is 0.173. The predicted octanol–water partition coefficient (Wildman–Crippen LogP) is 2.22. The van der Waals surface area contributed by atoms with Gasteiger partial charge in [-0.05, 0) is 6.07 Å². The number of benzene rings is 1. The Morgan fingerprint density at radius 1 is 1.24 bits per heavy atom. The summed E-state index contributed by atoms with van der Waals surface area (Å²) in [5, 5.41) is 7.25. The van der Waals surface area contributed by atoms with E-state index in [1.807, 2.05) is 0 Å². The first-order chi connectivity index (χ1) is 8.04. The number of nitrogens with zero attached hydrogens (tertiary/aromatic N) is 3. The van der Waals surface area contributed by atoms with Gasteiger partial charge < -0.3 is 4.74 Å². The number of halogens is 3. The normalized spacial score (nSPS) is 11.5. The van der Waals surface area contributed by atoms with Crippen LogP contribution in [0, 0.1) is 0 Å². The minimum atomic E-state index is -4.70. The Morgan fingerprint density at radius 2 is 2.00 bits per heavy atom. The summed E-state index contributed by atoms with van der Waals surface area (Å²) in [4.78, 5) is 0. The van der Waals surface area contributed by atoms with Gasteiger partial charge in [0.15, 0.2) is 0 Å². The molecule has 0 amide bonds. The highest BCUT2D eigenvalue weighted by atomic mass is 19.4. The van der Waals surface area contributed by atoms with Crippen LogP contribution in [-0.4, -0.2) is 21.4 Å². The van der Waals surface area contributed by atoms with Crippen molar-refractivity contribution < 1.29 is 17.9 Å². The molecular formula is C10H8F3N3O. The minimum Gasteiger partial charge on any atom is -0.405 e. The van der Waals surface area contributed by atoms with E-state index in [-0.39, 0.29) is 12.3 Å². The summed E-state index contributed by atoms with van der Waals surface area (Å²) >= 11 is 0. The topological polar surface area (TPSA) is 39.9 Å². The first kappa shape index (κ1) is 11.4. The third kappa shape index (κ3) is 3.20. The zero-order valence-electron chi connectivity index (χ0n) is 8.55. The summed E-state index contributed by atoms with van der Waals surface area (Å²) in [7, 11) is 0. The van der Waals surface area contributed by atoms with E-state index in [4.69, 9.17) is 0 Å². The van der Waals surface area contributed by atoms with Crippen molar-refractivity contribution in [1.29, 1.82) is 0 Å². The van der Waals surface area contributed by atoms with Crippen LogP contribution in [0.3, 0.4) is 0 Å². The van der Waals surface area contributed by atoms with Crippen LogP contribution in [0.25, 0.3) is 0 Å². The van der Waals surface area contributed by atoms with E-state index in [0.717, 1.165) is 0 Å². The summed E-state index contributed by atoms with van der Waals surface area (Å²) in [6, 6.07) is 5.92. The Hall–Kier alpha value is -2.05. The van der Waals surface area contributed by atoms with Crippen LogP contribution in [0.15, 0.2) is 36.7 Å². The number of rotatable bonds is 3. The maximum absolute atomic E-state index is 12.1. The molecule has 1 aromatic carbocycles. The average Bonchev–Trinajstić information content (AvgIpc) is 2.71. The molecule has 0 radical (unpaired) electrons. The van der Waals surface area contributed by atoms with Crippen molar-refractivity contribution in [3.63, 3.8) is 0 Å². The number of hydrogen-bond acceptors (Lipinski definition) is 3. The molecule has 0 fully saturated rings. The van der Waals surface area contributed by atoms with Gasteiger partial charge in [-0.15, -0.1) is 18.3 Å². The lowest BCUT2D eigenvalue weighted by atomic mass is 10.2. The minimum absolute atomic E-state index is 0.173.